The standard InChI is InChI=1S/C9H9N3O3S/c10-12-11-4-9(14)15-2-1-8-3-7(5-13)6-16-8/h3,5-6H,1-2,4H2. The summed E-state index contributed by atoms with van der Waals surface area (Å²) in [6.07, 6.45) is 1.33. The van der Waals surface area contributed by atoms with Crippen LogP contribution in [0.25, 0.3) is 10.4 Å². The number of esters is 1. The van der Waals surface area contributed by atoms with Crippen molar-refractivity contribution in [1.29, 1.82) is 0 Å². The normalized spacial score (nSPS) is 9.25. The molecule has 6 nitrogen and oxygen atoms in total. The van der Waals surface area contributed by atoms with Crippen LogP contribution in [0.5, 0.6) is 0 Å². The number of aldehydes is 1. The van der Waals surface area contributed by atoms with E-state index in [9.17, 15) is 9.59 Å². The summed E-state index contributed by atoms with van der Waals surface area (Å²) in [6.45, 7) is -0.0703. The van der Waals surface area contributed by atoms with Crippen molar-refractivity contribution in [2.75, 3.05) is 13.2 Å². The number of carbonyl (C=O) groups is 2. The lowest BCUT2D eigenvalue weighted by Crippen LogP contribution is -2.09. The molecule has 0 N–H and O–H groups in total. The third-order valence-electron chi connectivity index (χ3n) is 1.68. The molecular formula is C9H9N3O3S. The molecule has 1 heterocycles. The Hall–Kier alpha value is -1.85. The van der Waals surface area contributed by atoms with Crippen LogP contribution < -0.4 is 0 Å². The number of ether oxygens (including phenoxy) is 1. The Bertz CT molecular complexity index is 423. The molecule has 0 aliphatic carbocycles. The van der Waals surface area contributed by atoms with Crippen molar-refractivity contribution in [3.05, 3.63) is 32.3 Å². The fourth-order valence-corrected chi connectivity index (χ4v) is 1.81. The fraction of sp³-hybridized carbons (Fsp3) is 0.333. The SMILES string of the molecule is [N-]=[N+]=NCC(=O)OCCc1cc(C=O)cs1. The van der Waals surface area contributed by atoms with Crippen molar-refractivity contribution < 1.29 is 14.3 Å². The fourth-order valence-electron chi connectivity index (χ4n) is 0.991. The molecule has 16 heavy (non-hydrogen) atoms. The first-order valence-electron chi connectivity index (χ1n) is 4.45. The zero-order valence-electron chi connectivity index (χ0n) is 8.33. The lowest BCUT2D eigenvalue weighted by molar-refractivity contribution is -0.141. The minimum Gasteiger partial charge on any atom is -0.465 e. The number of hydrogen-bond donors (Lipinski definition) is 0. The third kappa shape index (κ3) is 4.12. The molecule has 0 amide bonds. The van der Waals surface area contributed by atoms with E-state index in [0.717, 1.165) is 11.2 Å². The summed E-state index contributed by atoms with van der Waals surface area (Å²) in [6, 6.07) is 1.75. The highest BCUT2D eigenvalue weighted by atomic mass is 32.1. The van der Waals surface area contributed by atoms with E-state index in [-0.39, 0.29) is 13.2 Å². The molecular weight excluding hydrogens is 230 g/mol. The summed E-state index contributed by atoms with van der Waals surface area (Å²) in [5.74, 6) is -0.551. The van der Waals surface area contributed by atoms with Crippen LogP contribution in [0, 0.1) is 0 Å². The molecule has 0 aliphatic heterocycles. The van der Waals surface area contributed by atoms with Crippen molar-refractivity contribution in [1.82, 2.24) is 0 Å². The molecule has 0 atom stereocenters. The zero-order valence-corrected chi connectivity index (χ0v) is 9.14. The molecule has 0 fully saturated rings. The average Bonchev–Trinajstić information content (AvgIpc) is 2.74. The Kier molecular flexibility index (Phi) is 5.04. The van der Waals surface area contributed by atoms with E-state index in [0.29, 0.717) is 12.0 Å². The monoisotopic (exact) mass is 239 g/mol. The number of azide groups is 1. The van der Waals surface area contributed by atoms with Gasteiger partial charge in [-0.3, -0.25) is 9.59 Å². The van der Waals surface area contributed by atoms with Gasteiger partial charge < -0.3 is 4.74 Å². The van der Waals surface area contributed by atoms with Gasteiger partial charge in [-0.25, -0.2) is 0 Å². The summed E-state index contributed by atoms with van der Waals surface area (Å²) in [7, 11) is 0. The van der Waals surface area contributed by atoms with E-state index in [4.69, 9.17) is 10.3 Å². The highest BCUT2D eigenvalue weighted by molar-refractivity contribution is 7.10. The van der Waals surface area contributed by atoms with Gasteiger partial charge in [-0.1, -0.05) is 5.11 Å². The predicted molar refractivity (Wildman–Crippen MR) is 58.4 cm³/mol. The van der Waals surface area contributed by atoms with Crippen molar-refractivity contribution in [3.63, 3.8) is 0 Å². The maximum Gasteiger partial charge on any atom is 0.311 e. The number of nitrogens with zero attached hydrogens (tertiary/aromatic N) is 3. The highest BCUT2D eigenvalue weighted by Gasteiger charge is 2.02. The minimum atomic E-state index is -0.551. The van der Waals surface area contributed by atoms with Crippen molar-refractivity contribution in [3.8, 4) is 0 Å². The van der Waals surface area contributed by atoms with Crippen LogP contribution in [0.4, 0.5) is 0 Å². The molecule has 0 aliphatic rings. The van der Waals surface area contributed by atoms with Crippen molar-refractivity contribution in [2.24, 2.45) is 5.11 Å². The van der Waals surface area contributed by atoms with Gasteiger partial charge in [-0.15, -0.1) is 11.3 Å². The molecule has 1 rings (SSSR count). The van der Waals surface area contributed by atoms with Gasteiger partial charge in [0, 0.05) is 27.2 Å². The number of carbonyl (C=O) groups excluding carboxylic acids is 2. The Morgan fingerprint density at radius 3 is 3.12 bits per heavy atom. The molecule has 0 saturated carbocycles. The quantitative estimate of drug-likeness (QED) is 0.250. The minimum absolute atomic E-state index is 0.221. The maximum atomic E-state index is 10.9. The van der Waals surface area contributed by atoms with Gasteiger partial charge in [0.2, 0.25) is 0 Å². The molecule has 1 aromatic rings. The summed E-state index contributed by atoms with van der Waals surface area (Å²) < 4.78 is 4.81. The first-order chi connectivity index (χ1) is 7.76. The zero-order chi connectivity index (χ0) is 11.8. The maximum absolute atomic E-state index is 10.9. The van der Waals surface area contributed by atoms with Crippen LogP contribution in [-0.2, 0) is 16.0 Å². The largest absolute Gasteiger partial charge is 0.465 e. The predicted octanol–water partition coefficient (Wildman–Crippen LogP) is 1.96. The van der Waals surface area contributed by atoms with Gasteiger partial charge in [0.25, 0.3) is 0 Å². The Labute approximate surface area is 95.5 Å². The molecule has 0 radical (unpaired) electrons. The first kappa shape index (κ1) is 12.2. The van der Waals surface area contributed by atoms with E-state index in [1.807, 2.05) is 0 Å². The molecule has 1 aromatic heterocycles. The number of rotatable bonds is 6. The molecule has 0 aromatic carbocycles. The van der Waals surface area contributed by atoms with Crippen molar-refractivity contribution >= 4 is 23.6 Å². The van der Waals surface area contributed by atoms with Gasteiger partial charge in [-0.2, -0.15) is 0 Å². The van der Waals surface area contributed by atoms with E-state index < -0.39 is 5.97 Å². The summed E-state index contributed by atoms with van der Waals surface area (Å²) in [5, 5.41) is 4.82. The van der Waals surface area contributed by atoms with Gasteiger partial charge in [-0.05, 0) is 11.6 Å². The van der Waals surface area contributed by atoms with E-state index in [1.54, 1.807) is 11.4 Å². The lowest BCUT2D eigenvalue weighted by atomic mass is 10.3. The van der Waals surface area contributed by atoms with Crippen LogP contribution in [-0.4, -0.2) is 25.4 Å². The van der Waals surface area contributed by atoms with E-state index in [1.165, 1.54) is 11.3 Å². The van der Waals surface area contributed by atoms with Gasteiger partial charge in [0.1, 0.15) is 6.54 Å². The summed E-state index contributed by atoms with van der Waals surface area (Å²) in [5.41, 5.74) is 8.59. The summed E-state index contributed by atoms with van der Waals surface area (Å²) in [4.78, 5) is 24.7. The second-order valence-corrected chi connectivity index (χ2v) is 3.82. The summed E-state index contributed by atoms with van der Waals surface area (Å²) >= 11 is 1.44. The molecule has 0 unspecified atom stereocenters. The Morgan fingerprint density at radius 1 is 1.69 bits per heavy atom. The van der Waals surface area contributed by atoms with E-state index in [2.05, 4.69) is 10.0 Å². The molecule has 0 bridgehead atoms. The van der Waals surface area contributed by atoms with Crippen LogP contribution in [0.2, 0.25) is 0 Å². The lowest BCUT2D eigenvalue weighted by Gasteiger charge is -2.00. The number of thiophene rings is 1. The van der Waals surface area contributed by atoms with Gasteiger partial charge in [0.15, 0.2) is 6.29 Å². The molecule has 0 saturated heterocycles. The van der Waals surface area contributed by atoms with Crippen LogP contribution in [0.15, 0.2) is 16.6 Å². The number of hydrogen-bond acceptors (Lipinski definition) is 5. The smallest absolute Gasteiger partial charge is 0.311 e. The van der Waals surface area contributed by atoms with Crippen LogP contribution >= 0.6 is 11.3 Å². The van der Waals surface area contributed by atoms with Crippen molar-refractivity contribution in [2.45, 2.75) is 6.42 Å². The van der Waals surface area contributed by atoms with Crippen LogP contribution in [0.3, 0.4) is 0 Å². The van der Waals surface area contributed by atoms with Crippen LogP contribution in [0.1, 0.15) is 15.2 Å². The molecule has 7 heteroatoms. The molecule has 84 valence electrons. The molecule has 0 spiro atoms. The van der Waals surface area contributed by atoms with Gasteiger partial charge in [0.05, 0.1) is 6.61 Å². The van der Waals surface area contributed by atoms with E-state index >= 15 is 0 Å². The average molecular weight is 239 g/mol. The topological polar surface area (TPSA) is 92.1 Å². The Balaban J connectivity index is 2.27. The Morgan fingerprint density at radius 2 is 2.50 bits per heavy atom. The second-order valence-electron chi connectivity index (χ2n) is 2.82. The highest BCUT2D eigenvalue weighted by Crippen LogP contribution is 2.13. The second kappa shape index (κ2) is 6.60. The first-order valence-corrected chi connectivity index (χ1v) is 5.33. The van der Waals surface area contributed by atoms with Gasteiger partial charge >= 0.3 is 5.97 Å². The third-order valence-corrected chi connectivity index (χ3v) is 2.70.